The highest BCUT2D eigenvalue weighted by Crippen LogP contribution is 2.30. The van der Waals surface area contributed by atoms with Gasteiger partial charge in [0.05, 0.1) is 12.0 Å². The summed E-state index contributed by atoms with van der Waals surface area (Å²) in [5, 5.41) is 17.0. The zero-order valence-corrected chi connectivity index (χ0v) is 15.2. The fraction of sp³-hybridized carbons (Fsp3) is 0.562. The number of ether oxygens (including phenoxy) is 2. The number of nitro benzene ring substituents is 1. The average molecular weight is 374 g/mol. The molecule has 0 aliphatic carbocycles. The van der Waals surface area contributed by atoms with Crippen LogP contribution in [0.25, 0.3) is 0 Å². The molecule has 140 valence electrons. The highest BCUT2D eigenvalue weighted by Gasteiger charge is 2.27. The SMILES string of the molecule is COc1cc(OCC(=O)NCC2(C)CCNCC2)ccc1[N+](=O)[O-].Cl. The van der Waals surface area contributed by atoms with E-state index in [0.717, 1.165) is 25.9 Å². The topological polar surface area (TPSA) is 103 Å². The van der Waals surface area contributed by atoms with E-state index < -0.39 is 4.92 Å². The first-order valence-corrected chi connectivity index (χ1v) is 7.86. The maximum absolute atomic E-state index is 11.9. The number of rotatable bonds is 7. The summed E-state index contributed by atoms with van der Waals surface area (Å²) in [4.78, 5) is 22.2. The van der Waals surface area contributed by atoms with Gasteiger partial charge in [-0.25, -0.2) is 0 Å². The molecule has 25 heavy (non-hydrogen) atoms. The molecule has 1 aromatic carbocycles. The number of carbonyl (C=O) groups is 1. The van der Waals surface area contributed by atoms with Crippen molar-refractivity contribution in [1.82, 2.24) is 10.6 Å². The van der Waals surface area contributed by atoms with Crippen molar-refractivity contribution >= 4 is 24.0 Å². The first-order chi connectivity index (χ1) is 11.4. The van der Waals surface area contributed by atoms with Crippen LogP contribution in [0.15, 0.2) is 18.2 Å². The molecule has 0 bridgehead atoms. The Balaban J connectivity index is 0.00000312. The Labute approximate surface area is 152 Å². The van der Waals surface area contributed by atoms with Crippen molar-refractivity contribution < 1.29 is 19.2 Å². The van der Waals surface area contributed by atoms with Gasteiger partial charge in [-0.05, 0) is 37.4 Å². The van der Waals surface area contributed by atoms with Gasteiger partial charge in [-0.2, -0.15) is 0 Å². The number of nitro groups is 1. The lowest BCUT2D eigenvalue weighted by molar-refractivity contribution is -0.385. The number of nitrogens with zero attached hydrogens (tertiary/aromatic N) is 1. The molecule has 8 nitrogen and oxygen atoms in total. The van der Waals surface area contributed by atoms with Crippen molar-refractivity contribution in [2.75, 3.05) is 33.4 Å². The molecule has 0 unspecified atom stereocenters. The summed E-state index contributed by atoms with van der Waals surface area (Å²) in [7, 11) is 1.35. The van der Waals surface area contributed by atoms with Gasteiger partial charge in [-0.15, -0.1) is 12.4 Å². The molecule has 0 saturated carbocycles. The first kappa shape index (κ1) is 21.0. The normalized spacial score (nSPS) is 15.6. The van der Waals surface area contributed by atoms with Crippen molar-refractivity contribution in [2.45, 2.75) is 19.8 Å². The lowest BCUT2D eigenvalue weighted by Gasteiger charge is -2.34. The molecular formula is C16H24ClN3O5. The van der Waals surface area contributed by atoms with Crippen molar-refractivity contribution in [3.8, 4) is 11.5 Å². The minimum atomic E-state index is -0.533. The summed E-state index contributed by atoms with van der Waals surface area (Å²) in [5.41, 5.74) is -0.0366. The fourth-order valence-electron chi connectivity index (χ4n) is 2.62. The van der Waals surface area contributed by atoms with E-state index >= 15 is 0 Å². The molecular weight excluding hydrogens is 350 g/mol. The van der Waals surface area contributed by atoms with Gasteiger partial charge < -0.3 is 20.1 Å². The predicted molar refractivity (Wildman–Crippen MR) is 95.6 cm³/mol. The molecule has 0 atom stereocenters. The summed E-state index contributed by atoms with van der Waals surface area (Å²) in [6, 6.07) is 4.14. The molecule has 9 heteroatoms. The minimum Gasteiger partial charge on any atom is -0.490 e. The summed E-state index contributed by atoms with van der Waals surface area (Å²) in [6.07, 6.45) is 2.04. The Hall–Kier alpha value is -2.06. The van der Waals surface area contributed by atoms with Crippen LogP contribution < -0.4 is 20.1 Å². The Morgan fingerprint density at radius 2 is 2.08 bits per heavy atom. The summed E-state index contributed by atoms with van der Waals surface area (Å²) in [6.45, 7) is 4.56. The maximum Gasteiger partial charge on any atom is 0.311 e. The third kappa shape index (κ3) is 6.06. The van der Waals surface area contributed by atoms with E-state index in [9.17, 15) is 14.9 Å². The quantitative estimate of drug-likeness (QED) is 0.559. The number of hydrogen-bond donors (Lipinski definition) is 2. The van der Waals surface area contributed by atoms with Crippen LogP contribution in [0.2, 0.25) is 0 Å². The summed E-state index contributed by atoms with van der Waals surface area (Å²) >= 11 is 0. The molecule has 1 aromatic rings. The van der Waals surface area contributed by atoms with Crippen LogP contribution in [-0.2, 0) is 4.79 Å². The molecule has 1 heterocycles. The molecule has 2 rings (SSSR count). The number of carbonyl (C=O) groups excluding carboxylic acids is 1. The average Bonchev–Trinajstić information content (AvgIpc) is 2.58. The van der Waals surface area contributed by atoms with Crippen molar-refractivity contribution in [3.63, 3.8) is 0 Å². The molecule has 1 fully saturated rings. The Morgan fingerprint density at radius 1 is 1.40 bits per heavy atom. The zero-order chi connectivity index (χ0) is 17.6. The smallest absolute Gasteiger partial charge is 0.311 e. The Bertz CT molecular complexity index is 605. The van der Waals surface area contributed by atoms with E-state index in [0.29, 0.717) is 12.3 Å². The van der Waals surface area contributed by atoms with E-state index in [4.69, 9.17) is 9.47 Å². The van der Waals surface area contributed by atoms with Gasteiger partial charge >= 0.3 is 5.69 Å². The van der Waals surface area contributed by atoms with Crippen LogP contribution in [0.5, 0.6) is 11.5 Å². The van der Waals surface area contributed by atoms with Crippen LogP contribution in [0.3, 0.4) is 0 Å². The third-order valence-electron chi connectivity index (χ3n) is 4.24. The molecule has 1 aliphatic heterocycles. The number of benzene rings is 1. The van der Waals surface area contributed by atoms with E-state index in [2.05, 4.69) is 17.6 Å². The van der Waals surface area contributed by atoms with Gasteiger partial charge in [0.1, 0.15) is 5.75 Å². The fourth-order valence-corrected chi connectivity index (χ4v) is 2.62. The number of hydrogen-bond acceptors (Lipinski definition) is 6. The van der Waals surface area contributed by atoms with E-state index in [1.54, 1.807) is 0 Å². The Kier molecular flexibility index (Phi) is 7.92. The van der Waals surface area contributed by atoms with Crippen LogP contribution in [0.1, 0.15) is 19.8 Å². The van der Waals surface area contributed by atoms with Gasteiger partial charge in [-0.3, -0.25) is 14.9 Å². The second-order valence-corrected chi connectivity index (χ2v) is 6.22. The third-order valence-corrected chi connectivity index (χ3v) is 4.24. The predicted octanol–water partition coefficient (Wildman–Crippen LogP) is 1.91. The van der Waals surface area contributed by atoms with Crippen molar-refractivity contribution in [1.29, 1.82) is 0 Å². The summed E-state index contributed by atoms with van der Waals surface area (Å²) in [5.74, 6) is 0.230. The highest BCUT2D eigenvalue weighted by molar-refractivity contribution is 5.85. The number of halogens is 1. The number of piperidine rings is 1. The van der Waals surface area contributed by atoms with Gasteiger partial charge in [0.25, 0.3) is 5.91 Å². The van der Waals surface area contributed by atoms with E-state index in [1.807, 2.05) is 0 Å². The van der Waals surface area contributed by atoms with Crippen LogP contribution in [-0.4, -0.2) is 44.2 Å². The van der Waals surface area contributed by atoms with Crippen LogP contribution in [0, 0.1) is 15.5 Å². The second kappa shape index (κ2) is 9.43. The molecule has 1 amide bonds. The molecule has 1 saturated heterocycles. The van der Waals surface area contributed by atoms with Crippen molar-refractivity contribution in [3.05, 3.63) is 28.3 Å². The molecule has 2 N–H and O–H groups in total. The number of nitrogens with one attached hydrogen (secondary N) is 2. The van der Waals surface area contributed by atoms with E-state index in [-0.39, 0.29) is 41.8 Å². The first-order valence-electron chi connectivity index (χ1n) is 7.86. The van der Waals surface area contributed by atoms with Gasteiger partial charge in [0.2, 0.25) is 5.75 Å². The standard InChI is InChI=1S/C16H23N3O5.ClH/c1-16(5-7-17-8-6-16)11-18-15(20)10-24-12-3-4-13(19(21)22)14(9-12)23-2;/h3-4,9,17H,5-8,10-11H2,1-2H3,(H,18,20);1H. The van der Waals surface area contributed by atoms with E-state index in [1.165, 1.54) is 25.3 Å². The second-order valence-electron chi connectivity index (χ2n) is 6.22. The molecule has 0 radical (unpaired) electrons. The lowest BCUT2D eigenvalue weighted by atomic mass is 9.81. The number of amides is 1. The molecule has 0 aromatic heterocycles. The largest absolute Gasteiger partial charge is 0.490 e. The Morgan fingerprint density at radius 3 is 2.68 bits per heavy atom. The lowest BCUT2D eigenvalue weighted by Crippen LogP contribution is -2.43. The maximum atomic E-state index is 11.9. The summed E-state index contributed by atoms with van der Waals surface area (Å²) < 4.78 is 10.4. The van der Waals surface area contributed by atoms with Crippen LogP contribution in [0.4, 0.5) is 5.69 Å². The monoisotopic (exact) mass is 373 g/mol. The van der Waals surface area contributed by atoms with Gasteiger partial charge in [-0.1, -0.05) is 6.92 Å². The van der Waals surface area contributed by atoms with Gasteiger partial charge in [0.15, 0.2) is 6.61 Å². The minimum absolute atomic E-state index is 0. The zero-order valence-electron chi connectivity index (χ0n) is 14.4. The van der Waals surface area contributed by atoms with Crippen molar-refractivity contribution in [2.24, 2.45) is 5.41 Å². The number of methoxy groups -OCH3 is 1. The highest BCUT2D eigenvalue weighted by atomic mass is 35.5. The molecule has 1 aliphatic rings. The van der Waals surface area contributed by atoms with Gasteiger partial charge in [0, 0.05) is 18.7 Å². The molecule has 0 spiro atoms. The van der Waals surface area contributed by atoms with Crippen LogP contribution >= 0.6 is 12.4 Å².